The molecule has 0 unspecified atom stereocenters. The van der Waals surface area contributed by atoms with E-state index in [1.165, 1.54) is 0 Å². The number of imidazole rings is 1. The minimum atomic E-state index is -0.413. The van der Waals surface area contributed by atoms with Crippen LogP contribution in [0.5, 0.6) is 0 Å². The molecule has 0 radical (unpaired) electrons. The van der Waals surface area contributed by atoms with Crippen LogP contribution in [0.15, 0.2) is 24.5 Å². The summed E-state index contributed by atoms with van der Waals surface area (Å²) in [5, 5.41) is 3.02. The van der Waals surface area contributed by atoms with Crippen molar-refractivity contribution in [1.82, 2.24) is 9.55 Å². The van der Waals surface area contributed by atoms with E-state index in [1.807, 2.05) is 29.8 Å². The average Bonchev–Trinajstić information content (AvgIpc) is 3.16. The lowest BCUT2D eigenvalue weighted by Crippen LogP contribution is -2.38. The molecule has 1 saturated carbocycles. The van der Waals surface area contributed by atoms with Gasteiger partial charge in [0, 0.05) is 31.5 Å². The van der Waals surface area contributed by atoms with Crippen LogP contribution in [0, 0.1) is 5.92 Å². The van der Waals surface area contributed by atoms with E-state index < -0.39 is 5.79 Å². The molecule has 2 heterocycles. The quantitative estimate of drug-likeness (QED) is 0.924. The van der Waals surface area contributed by atoms with E-state index in [2.05, 4.69) is 10.3 Å². The number of ether oxygens (including phenoxy) is 2. The Morgan fingerprint density at radius 1 is 1.30 bits per heavy atom. The summed E-state index contributed by atoms with van der Waals surface area (Å²) in [6, 6.07) is 5.82. The highest BCUT2D eigenvalue weighted by Crippen LogP contribution is 2.38. The molecular formula is C17H21N3O3. The molecule has 1 aromatic carbocycles. The Morgan fingerprint density at radius 2 is 2.04 bits per heavy atom. The Bertz CT molecular complexity index is 724. The predicted octanol–water partition coefficient (Wildman–Crippen LogP) is 2.45. The van der Waals surface area contributed by atoms with Crippen LogP contribution in [0.4, 0.5) is 5.69 Å². The van der Waals surface area contributed by atoms with Crippen LogP contribution in [0.3, 0.4) is 0 Å². The van der Waals surface area contributed by atoms with Gasteiger partial charge < -0.3 is 19.4 Å². The fraction of sp³-hybridized carbons (Fsp3) is 0.529. The molecular weight excluding hydrogens is 294 g/mol. The van der Waals surface area contributed by atoms with Gasteiger partial charge in [0.2, 0.25) is 5.91 Å². The molecule has 0 bridgehead atoms. The number of aryl methyl sites for hydroxylation is 1. The van der Waals surface area contributed by atoms with Crippen LogP contribution in [-0.2, 0) is 21.3 Å². The van der Waals surface area contributed by atoms with Crippen LogP contribution < -0.4 is 5.32 Å². The van der Waals surface area contributed by atoms with Gasteiger partial charge in [-0.15, -0.1) is 0 Å². The topological polar surface area (TPSA) is 65.4 Å². The number of aromatic nitrogens is 2. The number of hydrogen-bond donors (Lipinski definition) is 1. The summed E-state index contributed by atoms with van der Waals surface area (Å²) < 4.78 is 13.4. The van der Waals surface area contributed by atoms with Crippen molar-refractivity contribution in [3.05, 3.63) is 24.5 Å². The van der Waals surface area contributed by atoms with Crippen molar-refractivity contribution in [2.24, 2.45) is 13.0 Å². The van der Waals surface area contributed by atoms with Crippen molar-refractivity contribution in [2.75, 3.05) is 18.5 Å². The van der Waals surface area contributed by atoms with Crippen molar-refractivity contribution in [2.45, 2.75) is 31.5 Å². The maximum Gasteiger partial charge on any atom is 0.227 e. The molecule has 1 aliphatic heterocycles. The molecule has 2 aromatic rings. The zero-order valence-electron chi connectivity index (χ0n) is 13.2. The monoisotopic (exact) mass is 315 g/mol. The lowest BCUT2D eigenvalue weighted by Gasteiger charge is -2.34. The Balaban J connectivity index is 1.41. The molecule has 6 nitrogen and oxygen atoms in total. The molecule has 122 valence electrons. The minimum Gasteiger partial charge on any atom is -0.348 e. The Hall–Kier alpha value is -1.92. The molecule has 0 atom stereocenters. The predicted molar refractivity (Wildman–Crippen MR) is 85.9 cm³/mol. The standard InChI is InChI=1S/C17H21N3O3/c1-20-11-18-14-10-13(2-3-15(14)20)19-16(21)12-4-6-17(7-5-12)22-8-9-23-17/h2-3,10-12H,4-9H2,1H3,(H,19,21). The molecule has 1 spiro atoms. The first-order valence-electron chi connectivity index (χ1n) is 8.15. The van der Waals surface area contributed by atoms with Gasteiger partial charge in [-0.25, -0.2) is 4.98 Å². The Kier molecular flexibility index (Phi) is 3.58. The first-order chi connectivity index (χ1) is 11.2. The van der Waals surface area contributed by atoms with E-state index in [0.717, 1.165) is 42.4 Å². The number of nitrogens with zero attached hydrogens (tertiary/aromatic N) is 2. The third kappa shape index (κ3) is 2.72. The maximum atomic E-state index is 12.5. The summed E-state index contributed by atoms with van der Waals surface area (Å²) in [5.74, 6) is -0.315. The largest absolute Gasteiger partial charge is 0.348 e. The molecule has 2 fully saturated rings. The number of anilines is 1. The Labute approximate surface area is 134 Å². The zero-order chi connectivity index (χ0) is 15.9. The summed E-state index contributed by atoms with van der Waals surface area (Å²) in [6.07, 6.45) is 4.97. The molecule has 1 aliphatic carbocycles. The van der Waals surface area contributed by atoms with Gasteiger partial charge in [-0.05, 0) is 31.0 Å². The maximum absolute atomic E-state index is 12.5. The first kappa shape index (κ1) is 14.7. The molecule has 1 saturated heterocycles. The molecule has 4 rings (SSSR count). The number of rotatable bonds is 2. The second kappa shape index (κ2) is 5.62. The normalized spacial score (nSPS) is 21.1. The van der Waals surface area contributed by atoms with Crippen molar-refractivity contribution < 1.29 is 14.3 Å². The van der Waals surface area contributed by atoms with Crippen molar-refractivity contribution in [3.8, 4) is 0 Å². The second-order valence-electron chi connectivity index (χ2n) is 6.43. The lowest BCUT2D eigenvalue weighted by atomic mass is 9.84. The van der Waals surface area contributed by atoms with Crippen LogP contribution in [-0.4, -0.2) is 34.5 Å². The minimum absolute atomic E-state index is 0.0212. The molecule has 1 amide bonds. The number of amides is 1. The van der Waals surface area contributed by atoms with Gasteiger partial charge in [0.1, 0.15) is 0 Å². The van der Waals surface area contributed by atoms with Gasteiger partial charge in [-0.2, -0.15) is 0 Å². The van der Waals surface area contributed by atoms with Gasteiger partial charge in [0.15, 0.2) is 5.79 Å². The van der Waals surface area contributed by atoms with E-state index in [9.17, 15) is 4.79 Å². The summed E-state index contributed by atoms with van der Waals surface area (Å²) in [4.78, 5) is 16.8. The van der Waals surface area contributed by atoms with Crippen molar-refractivity contribution in [1.29, 1.82) is 0 Å². The van der Waals surface area contributed by atoms with Gasteiger partial charge in [0.25, 0.3) is 0 Å². The second-order valence-corrected chi connectivity index (χ2v) is 6.43. The third-order valence-corrected chi connectivity index (χ3v) is 4.92. The molecule has 6 heteroatoms. The fourth-order valence-electron chi connectivity index (χ4n) is 3.56. The number of hydrogen-bond acceptors (Lipinski definition) is 4. The van der Waals surface area contributed by atoms with Crippen molar-refractivity contribution >= 4 is 22.6 Å². The van der Waals surface area contributed by atoms with Crippen molar-refractivity contribution in [3.63, 3.8) is 0 Å². The van der Waals surface area contributed by atoms with E-state index in [-0.39, 0.29) is 11.8 Å². The van der Waals surface area contributed by atoms with Crippen LogP contribution >= 0.6 is 0 Å². The van der Waals surface area contributed by atoms with Gasteiger partial charge >= 0.3 is 0 Å². The molecule has 1 aromatic heterocycles. The first-order valence-corrected chi connectivity index (χ1v) is 8.15. The van der Waals surface area contributed by atoms with Crippen LogP contribution in [0.2, 0.25) is 0 Å². The molecule has 1 N–H and O–H groups in total. The smallest absolute Gasteiger partial charge is 0.227 e. The summed E-state index contributed by atoms with van der Waals surface area (Å²) >= 11 is 0. The number of benzene rings is 1. The highest BCUT2D eigenvalue weighted by Gasteiger charge is 2.41. The highest BCUT2D eigenvalue weighted by molar-refractivity contribution is 5.94. The van der Waals surface area contributed by atoms with E-state index in [4.69, 9.17) is 9.47 Å². The Morgan fingerprint density at radius 3 is 2.78 bits per heavy atom. The molecule has 23 heavy (non-hydrogen) atoms. The van der Waals surface area contributed by atoms with Crippen LogP contribution in [0.25, 0.3) is 11.0 Å². The average molecular weight is 315 g/mol. The zero-order valence-corrected chi connectivity index (χ0v) is 13.2. The number of carbonyl (C=O) groups excluding carboxylic acids is 1. The highest BCUT2D eigenvalue weighted by atomic mass is 16.7. The van der Waals surface area contributed by atoms with Crippen LogP contribution in [0.1, 0.15) is 25.7 Å². The fourth-order valence-corrected chi connectivity index (χ4v) is 3.56. The van der Waals surface area contributed by atoms with E-state index in [1.54, 1.807) is 6.33 Å². The van der Waals surface area contributed by atoms with Gasteiger partial charge in [0.05, 0.1) is 30.6 Å². The summed E-state index contributed by atoms with van der Waals surface area (Å²) in [7, 11) is 1.96. The lowest BCUT2D eigenvalue weighted by molar-refractivity contribution is -0.182. The summed E-state index contributed by atoms with van der Waals surface area (Å²) in [5.41, 5.74) is 2.74. The van der Waals surface area contributed by atoms with E-state index in [0.29, 0.717) is 13.2 Å². The van der Waals surface area contributed by atoms with E-state index >= 15 is 0 Å². The molecule has 2 aliphatic rings. The third-order valence-electron chi connectivity index (χ3n) is 4.92. The SMILES string of the molecule is Cn1cnc2cc(NC(=O)C3CCC4(CC3)OCCO4)ccc21. The summed E-state index contributed by atoms with van der Waals surface area (Å²) in [6.45, 7) is 1.34. The van der Waals surface area contributed by atoms with Gasteiger partial charge in [-0.3, -0.25) is 4.79 Å². The number of fused-ring (bicyclic) bond motifs is 1. The number of carbonyl (C=O) groups is 1. The van der Waals surface area contributed by atoms with Gasteiger partial charge in [-0.1, -0.05) is 0 Å². The number of nitrogens with one attached hydrogen (secondary N) is 1.